The third-order valence-corrected chi connectivity index (χ3v) is 5.00. The Bertz CT molecular complexity index is 1110. The lowest BCUT2D eigenvalue weighted by molar-refractivity contribution is -0.131. The molecule has 2 amide bonds. The highest BCUT2D eigenvalue weighted by Crippen LogP contribution is 2.17. The van der Waals surface area contributed by atoms with Crippen molar-refractivity contribution in [1.82, 2.24) is 5.32 Å². The van der Waals surface area contributed by atoms with Crippen LogP contribution in [0.4, 0.5) is 5.69 Å². The molecule has 2 N–H and O–H groups in total. The molecule has 0 aromatic heterocycles. The Kier molecular flexibility index (Phi) is 8.00. The highest BCUT2D eigenvalue weighted by Gasteiger charge is 2.09. The Balaban J connectivity index is 1.48. The normalized spacial score (nSPS) is 10.3. The van der Waals surface area contributed by atoms with Crippen molar-refractivity contribution in [3.05, 3.63) is 94.5 Å². The minimum atomic E-state index is -0.446. The fourth-order valence-corrected chi connectivity index (χ4v) is 3.26. The van der Waals surface area contributed by atoms with Crippen molar-refractivity contribution in [3.8, 4) is 5.75 Å². The number of rotatable bonds is 8. The number of carbonyl (C=O) groups excluding carboxylic acids is 3. The summed E-state index contributed by atoms with van der Waals surface area (Å²) in [6, 6.07) is 21.1. The molecular formula is C25H23ClN2O4. The summed E-state index contributed by atoms with van der Waals surface area (Å²) in [7, 11) is 0. The van der Waals surface area contributed by atoms with Crippen molar-refractivity contribution in [2.45, 2.75) is 26.3 Å². The average molecular weight is 451 g/mol. The highest BCUT2D eigenvalue weighted by molar-refractivity contribution is 6.31. The van der Waals surface area contributed by atoms with Crippen LogP contribution in [0.3, 0.4) is 0 Å². The van der Waals surface area contributed by atoms with Gasteiger partial charge in [0.15, 0.2) is 0 Å². The summed E-state index contributed by atoms with van der Waals surface area (Å²) in [5.41, 5.74) is 2.89. The number of carbonyl (C=O) groups is 3. The van der Waals surface area contributed by atoms with Gasteiger partial charge in [-0.15, -0.1) is 0 Å². The molecule has 0 aliphatic heterocycles. The van der Waals surface area contributed by atoms with Crippen LogP contribution >= 0.6 is 11.6 Å². The smallest absolute Gasteiger partial charge is 0.308 e. The predicted octanol–water partition coefficient (Wildman–Crippen LogP) is 4.77. The number of nitrogens with one attached hydrogen (secondary N) is 2. The summed E-state index contributed by atoms with van der Waals surface area (Å²) in [4.78, 5) is 35.6. The number of esters is 1. The molecule has 3 rings (SSSR count). The van der Waals surface area contributed by atoms with Crippen LogP contribution in [0.25, 0.3) is 0 Å². The lowest BCUT2D eigenvalue weighted by atomic mass is 10.1. The van der Waals surface area contributed by atoms with Gasteiger partial charge in [-0.05, 0) is 53.9 Å². The van der Waals surface area contributed by atoms with E-state index in [1.165, 1.54) is 13.0 Å². The standard InChI is InChI=1S/C25H23ClN2O4/c1-17(29)32-22-7-4-6-20(15-22)25(31)27-16-18-9-12-21(13-10-18)28-24(30)14-11-19-5-2-3-8-23(19)26/h2-10,12-13,15H,11,14,16H2,1H3,(H,27,31)(H,28,30). The van der Waals surface area contributed by atoms with Gasteiger partial charge in [-0.2, -0.15) is 0 Å². The largest absolute Gasteiger partial charge is 0.427 e. The molecule has 0 aliphatic carbocycles. The first-order valence-electron chi connectivity index (χ1n) is 10.1. The number of amides is 2. The molecule has 0 radical (unpaired) electrons. The first-order valence-corrected chi connectivity index (χ1v) is 10.5. The zero-order valence-electron chi connectivity index (χ0n) is 17.6. The first-order chi connectivity index (χ1) is 15.4. The van der Waals surface area contributed by atoms with Crippen molar-refractivity contribution in [3.63, 3.8) is 0 Å². The summed E-state index contributed by atoms with van der Waals surface area (Å²) in [5.74, 6) is -0.507. The molecule has 0 atom stereocenters. The number of hydrogen-bond acceptors (Lipinski definition) is 4. The number of aryl methyl sites for hydroxylation is 1. The second kappa shape index (κ2) is 11.1. The maximum absolute atomic E-state index is 12.4. The lowest BCUT2D eigenvalue weighted by Crippen LogP contribution is -2.22. The van der Waals surface area contributed by atoms with E-state index in [9.17, 15) is 14.4 Å². The van der Waals surface area contributed by atoms with Crippen LogP contribution in [0.5, 0.6) is 5.75 Å². The van der Waals surface area contributed by atoms with Crippen LogP contribution in [-0.4, -0.2) is 17.8 Å². The van der Waals surface area contributed by atoms with Gasteiger partial charge in [0.2, 0.25) is 5.91 Å². The lowest BCUT2D eigenvalue weighted by Gasteiger charge is -2.09. The average Bonchev–Trinajstić information content (AvgIpc) is 2.77. The maximum Gasteiger partial charge on any atom is 0.308 e. The topological polar surface area (TPSA) is 84.5 Å². The zero-order valence-corrected chi connectivity index (χ0v) is 18.3. The van der Waals surface area contributed by atoms with Crippen LogP contribution in [0.2, 0.25) is 5.02 Å². The molecule has 164 valence electrons. The number of anilines is 1. The van der Waals surface area contributed by atoms with Crippen LogP contribution < -0.4 is 15.4 Å². The second-order valence-corrected chi connectivity index (χ2v) is 7.55. The van der Waals surface area contributed by atoms with Gasteiger partial charge < -0.3 is 15.4 Å². The van der Waals surface area contributed by atoms with Crippen molar-refractivity contribution in [2.75, 3.05) is 5.32 Å². The fourth-order valence-electron chi connectivity index (χ4n) is 3.03. The number of hydrogen-bond donors (Lipinski definition) is 2. The van der Waals surface area contributed by atoms with Gasteiger partial charge in [0.05, 0.1) is 0 Å². The first kappa shape index (κ1) is 23.0. The van der Waals surface area contributed by atoms with E-state index in [2.05, 4.69) is 10.6 Å². The molecule has 0 heterocycles. The molecule has 0 bridgehead atoms. The summed E-state index contributed by atoms with van der Waals surface area (Å²) in [6.07, 6.45) is 0.891. The van der Waals surface area contributed by atoms with E-state index < -0.39 is 5.97 Å². The Morgan fingerprint density at radius 3 is 2.41 bits per heavy atom. The molecule has 0 spiro atoms. The van der Waals surface area contributed by atoms with Crippen LogP contribution in [0, 0.1) is 0 Å². The van der Waals surface area contributed by atoms with Crippen molar-refractivity contribution in [2.24, 2.45) is 0 Å². The number of benzene rings is 3. The molecule has 0 unspecified atom stereocenters. The molecule has 7 heteroatoms. The Labute approximate surface area is 191 Å². The molecule has 0 fully saturated rings. The minimum Gasteiger partial charge on any atom is -0.427 e. The van der Waals surface area contributed by atoms with E-state index in [0.717, 1.165) is 11.1 Å². The molecule has 3 aromatic rings. The fraction of sp³-hybridized carbons (Fsp3) is 0.160. The molecule has 0 aliphatic rings. The maximum atomic E-state index is 12.4. The number of ether oxygens (including phenoxy) is 1. The van der Waals surface area contributed by atoms with Crippen molar-refractivity contribution in [1.29, 1.82) is 0 Å². The third kappa shape index (κ3) is 6.96. The third-order valence-electron chi connectivity index (χ3n) is 4.63. The Morgan fingerprint density at radius 1 is 0.938 bits per heavy atom. The van der Waals surface area contributed by atoms with Gasteiger partial charge in [0, 0.05) is 36.2 Å². The summed E-state index contributed by atoms with van der Waals surface area (Å²) in [6.45, 7) is 1.62. The molecule has 3 aromatic carbocycles. The molecule has 0 saturated heterocycles. The van der Waals surface area contributed by atoms with E-state index in [1.54, 1.807) is 30.3 Å². The van der Waals surface area contributed by atoms with Crippen LogP contribution in [0.1, 0.15) is 34.8 Å². The van der Waals surface area contributed by atoms with E-state index in [1.807, 2.05) is 36.4 Å². The van der Waals surface area contributed by atoms with E-state index in [-0.39, 0.29) is 11.8 Å². The summed E-state index contributed by atoms with van der Waals surface area (Å²) in [5, 5.41) is 6.34. The van der Waals surface area contributed by atoms with Crippen molar-refractivity contribution >= 4 is 35.1 Å². The minimum absolute atomic E-state index is 0.0985. The van der Waals surface area contributed by atoms with Gasteiger partial charge in [-0.1, -0.05) is 48.0 Å². The predicted molar refractivity (Wildman–Crippen MR) is 124 cm³/mol. The molecule has 0 saturated carbocycles. The number of halogens is 1. The van der Waals surface area contributed by atoms with Gasteiger partial charge in [-0.3, -0.25) is 14.4 Å². The molecule has 6 nitrogen and oxygen atoms in total. The van der Waals surface area contributed by atoms with Gasteiger partial charge in [0.25, 0.3) is 5.91 Å². The summed E-state index contributed by atoms with van der Waals surface area (Å²) >= 11 is 6.12. The van der Waals surface area contributed by atoms with E-state index in [0.29, 0.717) is 41.4 Å². The van der Waals surface area contributed by atoms with Gasteiger partial charge in [0.1, 0.15) is 5.75 Å². The van der Waals surface area contributed by atoms with Crippen LogP contribution in [-0.2, 0) is 22.6 Å². The highest BCUT2D eigenvalue weighted by atomic mass is 35.5. The zero-order chi connectivity index (χ0) is 22.9. The van der Waals surface area contributed by atoms with E-state index in [4.69, 9.17) is 16.3 Å². The summed E-state index contributed by atoms with van der Waals surface area (Å²) < 4.78 is 5.00. The quantitative estimate of drug-likeness (QED) is 0.382. The Hall–Kier alpha value is -3.64. The van der Waals surface area contributed by atoms with Crippen molar-refractivity contribution < 1.29 is 19.1 Å². The molecular weight excluding hydrogens is 428 g/mol. The monoisotopic (exact) mass is 450 g/mol. The Morgan fingerprint density at radius 2 is 1.69 bits per heavy atom. The SMILES string of the molecule is CC(=O)Oc1cccc(C(=O)NCc2ccc(NC(=O)CCc3ccccc3Cl)cc2)c1. The van der Waals surface area contributed by atoms with E-state index >= 15 is 0 Å². The van der Waals surface area contributed by atoms with Crippen LogP contribution in [0.15, 0.2) is 72.8 Å². The molecule has 32 heavy (non-hydrogen) atoms. The van der Waals surface area contributed by atoms with Gasteiger partial charge in [-0.25, -0.2) is 0 Å². The van der Waals surface area contributed by atoms with Gasteiger partial charge >= 0.3 is 5.97 Å². The second-order valence-electron chi connectivity index (χ2n) is 7.14.